The van der Waals surface area contributed by atoms with Crippen LogP contribution in [0.25, 0.3) is 0 Å². The van der Waals surface area contributed by atoms with E-state index in [1.165, 1.54) is 0 Å². The van der Waals surface area contributed by atoms with Crippen LogP contribution in [0.15, 0.2) is 10.7 Å². The Morgan fingerprint density at radius 2 is 2.23 bits per heavy atom. The number of alkyl halides is 3. The normalized spacial score (nSPS) is 10.9. The van der Waals surface area contributed by atoms with Gasteiger partial charge in [0.2, 0.25) is 0 Å². The Labute approximate surface area is 88.2 Å². The molecule has 1 nitrogen and oxygen atoms in total. The van der Waals surface area contributed by atoms with E-state index in [-0.39, 0.29) is 11.6 Å². The van der Waals surface area contributed by atoms with Crippen LogP contribution in [0.2, 0.25) is 0 Å². The van der Waals surface area contributed by atoms with Crippen LogP contribution in [-0.2, 0) is 5.88 Å². The molecule has 0 N–H and O–H groups in total. The summed E-state index contributed by atoms with van der Waals surface area (Å²) >= 11 is 8.66. The lowest BCUT2D eigenvalue weighted by Gasteiger charge is -2.07. The second-order valence-electron chi connectivity index (χ2n) is 2.57. The van der Waals surface area contributed by atoms with Crippen LogP contribution in [0.4, 0.5) is 8.78 Å². The number of hydrogen-bond donors (Lipinski definition) is 0. The zero-order chi connectivity index (χ0) is 10.0. The third-order valence-corrected chi connectivity index (χ3v) is 2.60. The van der Waals surface area contributed by atoms with Crippen molar-refractivity contribution in [3.8, 4) is 0 Å². The van der Waals surface area contributed by atoms with Crippen molar-refractivity contribution in [2.45, 2.75) is 19.2 Å². The van der Waals surface area contributed by atoms with Crippen LogP contribution in [0.1, 0.15) is 23.2 Å². The summed E-state index contributed by atoms with van der Waals surface area (Å²) in [7, 11) is 0. The van der Waals surface area contributed by atoms with Gasteiger partial charge in [0.05, 0.1) is 5.88 Å². The molecular weight excluding hydrogens is 263 g/mol. The molecule has 1 aromatic heterocycles. The van der Waals surface area contributed by atoms with Gasteiger partial charge < -0.3 is 0 Å². The molecule has 0 aliphatic heterocycles. The Morgan fingerprint density at radius 3 is 2.69 bits per heavy atom. The van der Waals surface area contributed by atoms with E-state index in [2.05, 4.69) is 20.9 Å². The Bertz CT molecular complexity index is 317. The number of nitrogens with zero attached hydrogens (tertiary/aromatic N) is 1. The van der Waals surface area contributed by atoms with E-state index in [1.54, 1.807) is 13.0 Å². The average molecular weight is 271 g/mol. The van der Waals surface area contributed by atoms with Gasteiger partial charge in [0.1, 0.15) is 10.3 Å². The molecule has 0 fully saturated rings. The average Bonchev–Trinajstić information content (AvgIpc) is 2.07. The molecule has 13 heavy (non-hydrogen) atoms. The lowest BCUT2D eigenvalue weighted by Crippen LogP contribution is -1.98. The molecule has 0 saturated heterocycles. The fourth-order valence-corrected chi connectivity index (χ4v) is 1.79. The lowest BCUT2D eigenvalue weighted by atomic mass is 10.2. The molecule has 0 aliphatic rings. The Morgan fingerprint density at radius 1 is 1.62 bits per heavy atom. The van der Waals surface area contributed by atoms with Crippen molar-refractivity contribution in [2.75, 3.05) is 0 Å². The number of aromatic nitrogens is 1. The molecule has 0 aliphatic carbocycles. The molecule has 1 rings (SSSR count). The second-order valence-corrected chi connectivity index (χ2v) is 3.59. The van der Waals surface area contributed by atoms with Crippen LogP contribution in [0.3, 0.4) is 0 Å². The Hall–Kier alpha value is -0.220. The molecule has 1 heterocycles. The third-order valence-electron chi connectivity index (χ3n) is 1.63. The highest BCUT2D eigenvalue weighted by Gasteiger charge is 2.14. The number of aryl methyl sites for hydroxylation is 1. The smallest absolute Gasteiger partial charge is 0.239 e. The highest BCUT2D eigenvalue weighted by atomic mass is 79.9. The van der Waals surface area contributed by atoms with Crippen molar-refractivity contribution in [1.29, 1.82) is 0 Å². The summed E-state index contributed by atoms with van der Waals surface area (Å²) in [5.41, 5.74) is 0.998. The van der Waals surface area contributed by atoms with Crippen molar-refractivity contribution in [1.82, 2.24) is 4.98 Å². The SMILES string of the molecule is Cc1cc(CCl)c(Br)nc1C(F)F. The predicted octanol–water partition coefficient (Wildman–Crippen LogP) is 3.83. The van der Waals surface area contributed by atoms with E-state index >= 15 is 0 Å². The maximum atomic E-state index is 12.3. The fraction of sp³-hybridized carbons (Fsp3) is 0.375. The van der Waals surface area contributed by atoms with Crippen LogP contribution in [0.5, 0.6) is 0 Å². The van der Waals surface area contributed by atoms with Crippen LogP contribution >= 0.6 is 27.5 Å². The minimum absolute atomic E-state index is 0.194. The van der Waals surface area contributed by atoms with Gasteiger partial charge in [-0.2, -0.15) is 0 Å². The van der Waals surface area contributed by atoms with Crippen molar-refractivity contribution < 1.29 is 8.78 Å². The van der Waals surface area contributed by atoms with E-state index in [9.17, 15) is 8.78 Å². The van der Waals surface area contributed by atoms with Crippen molar-refractivity contribution >= 4 is 27.5 Å². The molecule has 0 spiro atoms. The zero-order valence-corrected chi connectivity index (χ0v) is 9.16. The van der Waals surface area contributed by atoms with E-state index in [0.717, 1.165) is 5.56 Å². The molecule has 1 aromatic rings. The van der Waals surface area contributed by atoms with Crippen LogP contribution in [0, 0.1) is 6.92 Å². The lowest BCUT2D eigenvalue weighted by molar-refractivity contribution is 0.145. The number of pyridine rings is 1. The summed E-state index contributed by atoms with van der Waals surface area (Å²) in [6.07, 6.45) is -2.54. The Balaban J connectivity index is 3.20. The number of hydrogen-bond acceptors (Lipinski definition) is 1. The van der Waals surface area contributed by atoms with Crippen LogP contribution < -0.4 is 0 Å². The minimum Gasteiger partial charge on any atom is -0.239 e. The molecule has 0 bridgehead atoms. The highest BCUT2D eigenvalue weighted by Crippen LogP contribution is 2.25. The van der Waals surface area contributed by atoms with Gasteiger partial charge in [-0.05, 0) is 28.4 Å². The summed E-state index contributed by atoms with van der Waals surface area (Å²) in [5.74, 6) is 0.262. The number of halogens is 4. The van der Waals surface area contributed by atoms with Gasteiger partial charge in [-0.1, -0.05) is 6.07 Å². The predicted molar refractivity (Wildman–Crippen MR) is 51.2 cm³/mol. The quantitative estimate of drug-likeness (QED) is 0.588. The second kappa shape index (κ2) is 4.33. The zero-order valence-electron chi connectivity index (χ0n) is 6.82. The van der Waals surface area contributed by atoms with Gasteiger partial charge in [-0.15, -0.1) is 11.6 Å². The summed E-state index contributed by atoms with van der Waals surface area (Å²) < 4.78 is 25.0. The van der Waals surface area contributed by atoms with E-state index in [4.69, 9.17) is 11.6 Å². The summed E-state index contributed by atoms with van der Waals surface area (Å²) in [5, 5.41) is 0. The molecule has 5 heteroatoms. The molecule has 0 saturated carbocycles. The third kappa shape index (κ3) is 2.38. The highest BCUT2D eigenvalue weighted by molar-refractivity contribution is 9.10. The van der Waals surface area contributed by atoms with Gasteiger partial charge in [0.25, 0.3) is 6.43 Å². The first-order valence-electron chi connectivity index (χ1n) is 3.56. The standard InChI is InChI=1S/C8H7BrClF2N/c1-4-2-5(3-10)7(9)13-6(4)8(11)12/h2,8H,3H2,1H3. The van der Waals surface area contributed by atoms with E-state index < -0.39 is 6.43 Å². The van der Waals surface area contributed by atoms with Gasteiger partial charge in [0.15, 0.2) is 0 Å². The van der Waals surface area contributed by atoms with Crippen LogP contribution in [-0.4, -0.2) is 4.98 Å². The first-order valence-corrected chi connectivity index (χ1v) is 4.89. The summed E-state index contributed by atoms with van der Waals surface area (Å²) in [6, 6.07) is 1.62. The molecule has 0 unspecified atom stereocenters. The largest absolute Gasteiger partial charge is 0.280 e. The minimum atomic E-state index is -2.54. The summed E-state index contributed by atoms with van der Waals surface area (Å²) in [4.78, 5) is 3.73. The Kier molecular flexibility index (Phi) is 3.62. The van der Waals surface area contributed by atoms with Crippen molar-refractivity contribution in [3.05, 3.63) is 27.5 Å². The van der Waals surface area contributed by atoms with E-state index in [1.807, 2.05) is 0 Å². The monoisotopic (exact) mass is 269 g/mol. The van der Waals surface area contributed by atoms with Crippen molar-refractivity contribution in [3.63, 3.8) is 0 Å². The molecule has 0 atom stereocenters. The maximum absolute atomic E-state index is 12.3. The maximum Gasteiger partial charge on any atom is 0.280 e. The first-order chi connectivity index (χ1) is 6.06. The molecule has 72 valence electrons. The van der Waals surface area contributed by atoms with Crippen molar-refractivity contribution in [2.24, 2.45) is 0 Å². The first kappa shape index (κ1) is 10.9. The molecular formula is C8H7BrClF2N. The fourth-order valence-electron chi connectivity index (χ4n) is 0.975. The molecule has 0 radical (unpaired) electrons. The summed E-state index contributed by atoms with van der Waals surface area (Å²) in [6.45, 7) is 1.59. The topological polar surface area (TPSA) is 12.9 Å². The molecule has 0 aromatic carbocycles. The number of rotatable bonds is 2. The van der Waals surface area contributed by atoms with Gasteiger partial charge >= 0.3 is 0 Å². The molecule has 0 amide bonds. The van der Waals surface area contributed by atoms with Gasteiger partial charge in [-0.25, -0.2) is 13.8 Å². The van der Waals surface area contributed by atoms with Gasteiger partial charge in [-0.3, -0.25) is 0 Å². The van der Waals surface area contributed by atoms with E-state index in [0.29, 0.717) is 10.2 Å². The van der Waals surface area contributed by atoms with Gasteiger partial charge in [0, 0.05) is 5.56 Å².